The normalized spacial score (nSPS) is 11.7. The fourth-order valence-corrected chi connectivity index (χ4v) is 3.26. The number of hydrogen-bond acceptors (Lipinski definition) is 5. The van der Waals surface area contributed by atoms with Gasteiger partial charge in [-0.25, -0.2) is 9.78 Å². The highest BCUT2D eigenvalue weighted by Crippen LogP contribution is 2.27. The van der Waals surface area contributed by atoms with E-state index in [9.17, 15) is 4.79 Å². The SMILES string of the molecule is CC(C)(C)OC(=O)n1ccc2c(NCc3cnc(Cl)s3)cccc21. The molecule has 0 aliphatic carbocycles. The lowest BCUT2D eigenvalue weighted by Gasteiger charge is -2.19. The molecule has 0 radical (unpaired) electrons. The van der Waals surface area contributed by atoms with Crippen LogP contribution < -0.4 is 5.32 Å². The first kappa shape index (κ1) is 16.8. The van der Waals surface area contributed by atoms with Crippen molar-refractivity contribution in [1.82, 2.24) is 9.55 Å². The van der Waals surface area contributed by atoms with Gasteiger partial charge in [-0.1, -0.05) is 17.7 Å². The van der Waals surface area contributed by atoms with E-state index in [1.807, 2.05) is 45.0 Å². The minimum atomic E-state index is -0.533. The van der Waals surface area contributed by atoms with E-state index in [1.54, 1.807) is 12.4 Å². The second-order valence-electron chi connectivity index (χ2n) is 6.34. The van der Waals surface area contributed by atoms with Crippen molar-refractivity contribution in [3.8, 4) is 0 Å². The minimum Gasteiger partial charge on any atom is -0.443 e. The van der Waals surface area contributed by atoms with Gasteiger partial charge in [-0.15, -0.1) is 11.3 Å². The van der Waals surface area contributed by atoms with E-state index in [2.05, 4.69) is 10.3 Å². The summed E-state index contributed by atoms with van der Waals surface area (Å²) < 4.78 is 7.50. The van der Waals surface area contributed by atoms with E-state index in [-0.39, 0.29) is 6.09 Å². The lowest BCUT2D eigenvalue weighted by molar-refractivity contribution is 0.0544. The lowest BCUT2D eigenvalue weighted by atomic mass is 10.2. The van der Waals surface area contributed by atoms with Gasteiger partial charge in [0.05, 0.1) is 12.1 Å². The average Bonchev–Trinajstić information content (AvgIpc) is 3.09. The molecule has 0 saturated heterocycles. The van der Waals surface area contributed by atoms with Gasteiger partial charge in [-0.2, -0.15) is 0 Å². The van der Waals surface area contributed by atoms with E-state index in [1.165, 1.54) is 15.9 Å². The van der Waals surface area contributed by atoms with Crippen molar-refractivity contribution in [3.05, 3.63) is 46.0 Å². The Balaban J connectivity index is 1.85. The van der Waals surface area contributed by atoms with Gasteiger partial charge in [0.1, 0.15) is 5.60 Å². The fourth-order valence-electron chi connectivity index (χ4n) is 2.34. The van der Waals surface area contributed by atoms with Crippen LogP contribution in [-0.2, 0) is 11.3 Å². The molecule has 0 saturated carbocycles. The summed E-state index contributed by atoms with van der Waals surface area (Å²) in [5.74, 6) is 0. The molecule has 2 aromatic heterocycles. The number of anilines is 1. The van der Waals surface area contributed by atoms with Crippen molar-refractivity contribution in [2.75, 3.05) is 5.32 Å². The first-order valence-corrected chi connectivity index (χ1v) is 8.70. The molecule has 5 nitrogen and oxygen atoms in total. The largest absolute Gasteiger partial charge is 0.443 e. The van der Waals surface area contributed by atoms with Crippen LogP contribution in [0.25, 0.3) is 10.9 Å². The van der Waals surface area contributed by atoms with Gasteiger partial charge in [0.25, 0.3) is 0 Å². The summed E-state index contributed by atoms with van der Waals surface area (Å²) >= 11 is 7.29. The van der Waals surface area contributed by atoms with Crippen LogP contribution >= 0.6 is 22.9 Å². The van der Waals surface area contributed by atoms with Crippen molar-refractivity contribution >= 4 is 45.6 Å². The third-order valence-corrected chi connectivity index (χ3v) is 4.42. The van der Waals surface area contributed by atoms with E-state index in [0.717, 1.165) is 21.5 Å². The molecular formula is C17H18ClN3O2S. The van der Waals surface area contributed by atoms with Crippen LogP contribution in [0, 0.1) is 0 Å². The summed E-state index contributed by atoms with van der Waals surface area (Å²) in [7, 11) is 0. The summed E-state index contributed by atoms with van der Waals surface area (Å²) in [5, 5.41) is 4.32. The Morgan fingerprint density at radius 2 is 2.17 bits per heavy atom. The molecule has 3 rings (SSSR count). The Morgan fingerprint density at radius 3 is 2.83 bits per heavy atom. The smallest absolute Gasteiger partial charge is 0.418 e. The third kappa shape index (κ3) is 3.71. The van der Waals surface area contributed by atoms with Crippen molar-refractivity contribution in [2.45, 2.75) is 32.9 Å². The maximum Gasteiger partial charge on any atom is 0.418 e. The number of rotatable bonds is 3. The molecule has 0 bridgehead atoms. The van der Waals surface area contributed by atoms with E-state index >= 15 is 0 Å². The number of benzene rings is 1. The number of carbonyl (C=O) groups is 1. The molecule has 0 spiro atoms. The number of carbonyl (C=O) groups excluding carboxylic acids is 1. The Hall–Kier alpha value is -2.05. The van der Waals surface area contributed by atoms with Gasteiger partial charge in [-0.05, 0) is 39.0 Å². The Morgan fingerprint density at radius 1 is 1.38 bits per heavy atom. The number of nitrogens with zero attached hydrogens (tertiary/aromatic N) is 2. The van der Waals surface area contributed by atoms with Crippen molar-refractivity contribution in [2.24, 2.45) is 0 Å². The van der Waals surface area contributed by atoms with Crippen molar-refractivity contribution < 1.29 is 9.53 Å². The first-order chi connectivity index (χ1) is 11.3. The molecule has 7 heteroatoms. The maximum absolute atomic E-state index is 12.3. The number of halogens is 1. The number of fused-ring (bicyclic) bond motifs is 1. The standard InChI is InChI=1S/C17H18ClN3O2S/c1-17(2,3)23-16(22)21-8-7-12-13(5-4-6-14(12)21)19-9-11-10-20-15(18)24-11/h4-8,10,19H,9H2,1-3H3. The Labute approximate surface area is 149 Å². The van der Waals surface area contributed by atoms with Gasteiger partial charge < -0.3 is 10.1 Å². The highest BCUT2D eigenvalue weighted by Gasteiger charge is 2.19. The van der Waals surface area contributed by atoms with Crippen LogP contribution in [0.5, 0.6) is 0 Å². The predicted octanol–water partition coefficient (Wildman–Crippen LogP) is 5.15. The van der Waals surface area contributed by atoms with Gasteiger partial charge in [0.15, 0.2) is 4.47 Å². The molecule has 0 amide bonds. The van der Waals surface area contributed by atoms with E-state index in [4.69, 9.17) is 16.3 Å². The first-order valence-electron chi connectivity index (χ1n) is 7.51. The minimum absolute atomic E-state index is 0.385. The molecule has 1 aromatic carbocycles. The highest BCUT2D eigenvalue weighted by atomic mass is 35.5. The van der Waals surface area contributed by atoms with Crippen LogP contribution in [0.15, 0.2) is 36.7 Å². The summed E-state index contributed by atoms with van der Waals surface area (Å²) in [6, 6.07) is 7.69. The molecule has 0 atom stereocenters. The second-order valence-corrected chi connectivity index (χ2v) is 8.03. The number of hydrogen-bond donors (Lipinski definition) is 1. The van der Waals surface area contributed by atoms with Crippen molar-refractivity contribution in [1.29, 1.82) is 0 Å². The highest BCUT2D eigenvalue weighted by molar-refractivity contribution is 7.15. The lowest BCUT2D eigenvalue weighted by Crippen LogP contribution is -2.26. The summed E-state index contributed by atoms with van der Waals surface area (Å²) in [6.07, 6.45) is 3.10. The molecular weight excluding hydrogens is 346 g/mol. The molecule has 126 valence electrons. The van der Waals surface area contributed by atoms with Crippen LogP contribution in [-0.4, -0.2) is 21.2 Å². The van der Waals surface area contributed by atoms with Gasteiger partial charge in [0, 0.05) is 28.3 Å². The van der Waals surface area contributed by atoms with E-state index in [0.29, 0.717) is 11.0 Å². The van der Waals surface area contributed by atoms with Gasteiger partial charge in [0.2, 0.25) is 0 Å². The zero-order valence-corrected chi connectivity index (χ0v) is 15.2. The predicted molar refractivity (Wildman–Crippen MR) is 98.0 cm³/mol. The topological polar surface area (TPSA) is 56.1 Å². The summed E-state index contributed by atoms with van der Waals surface area (Å²) in [4.78, 5) is 17.4. The molecule has 3 aromatic rings. The maximum atomic E-state index is 12.3. The van der Waals surface area contributed by atoms with Gasteiger partial charge >= 0.3 is 6.09 Å². The van der Waals surface area contributed by atoms with Crippen LogP contribution in [0.1, 0.15) is 25.6 Å². The number of aromatic nitrogens is 2. The van der Waals surface area contributed by atoms with Gasteiger partial charge in [-0.3, -0.25) is 4.57 Å². The number of ether oxygens (including phenoxy) is 1. The molecule has 0 aliphatic rings. The zero-order chi connectivity index (χ0) is 17.3. The molecule has 1 N–H and O–H groups in total. The average molecular weight is 364 g/mol. The number of nitrogens with one attached hydrogen (secondary N) is 1. The van der Waals surface area contributed by atoms with Crippen molar-refractivity contribution in [3.63, 3.8) is 0 Å². The molecule has 24 heavy (non-hydrogen) atoms. The molecule has 0 fully saturated rings. The van der Waals surface area contributed by atoms with Crippen LogP contribution in [0.3, 0.4) is 0 Å². The molecule has 0 aliphatic heterocycles. The quantitative estimate of drug-likeness (QED) is 0.699. The third-order valence-electron chi connectivity index (χ3n) is 3.30. The van der Waals surface area contributed by atoms with E-state index < -0.39 is 5.60 Å². The molecule has 2 heterocycles. The summed E-state index contributed by atoms with van der Waals surface area (Å²) in [5.41, 5.74) is 1.21. The molecule has 0 unspecified atom stereocenters. The van der Waals surface area contributed by atoms with Crippen LogP contribution in [0.4, 0.5) is 10.5 Å². The zero-order valence-electron chi connectivity index (χ0n) is 13.7. The Kier molecular flexibility index (Phi) is 4.51. The second kappa shape index (κ2) is 6.45. The number of thiazole rings is 1. The fraction of sp³-hybridized carbons (Fsp3) is 0.294. The summed E-state index contributed by atoms with van der Waals surface area (Å²) in [6.45, 7) is 6.18. The van der Waals surface area contributed by atoms with Crippen LogP contribution in [0.2, 0.25) is 4.47 Å². The Bertz CT molecular complexity index is 879. The monoisotopic (exact) mass is 363 g/mol.